The van der Waals surface area contributed by atoms with Crippen LogP contribution in [-0.4, -0.2) is 58.2 Å². The Morgan fingerprint density at radius 3 is 1.20 bits per heavy atom. The zero-order chi connectivity index (χ0) is 2.71. The van der Waals surface area contributed by atoms with Crippen LogP contribution in [0.1, 0.15) is 0 Å². The van der Waals surface area contributed by atoms with Crippen LogP contribution < -0.4 is 0 Å². The van der Waals surface area contributed by atoms with Crippen LogP contribution in [0.25, 0.3) is 0 Å². The van der Waals surface area contributed by atoms with Gasteiger partial charge in [0.2, 0.25) is 0 Å². The average molecular weight is 213 g/mol. The molecule has 0 saturated carbocycles. The Hall–Kier alpha value is 1.35. The fourth-order valence-electron chi connectivity index (χ4n) is 0. The molecule has 0 aliphatic carbocycles. The molecule has 0 aromatic carbocycles. The van der Waals surface area contributed by atoms with Crippen molar-refractivity contribution >= 4 is 58.2 Å². The maximum absolute atomic E-state index is 8.40. The van der Waals surface area contributed by atoms with E-state index in [0.29, 0.717) is 0 Å². The first kappa shape index (κ1) is 16.2. The molecular formula is BaO3Si. The van der Waals surface area contributed by atoms with Crippen LogP contribution >= 0.6 is 0 Å². The van der Waals surface area contributed by atoms with Crippen molar-refractivity contribution in [2.75, 3.05) is 0 Å². The van der Waals surface area contributed by atoms with Gasteiger partial charge in [-0.2, -0.15) is 0 Å². The molecule has 0 spiro atoms. The predicted octanol–water partition coefficient (Wildman–Crippen LogP) is -1.12. The number of rotatable bonds is 0. The minimum atomic E-state index is -1.42. The number of hydrogen-bond donors (Lipinski definition) is 0. The van der Waals surface area contributed by atoms with Gasteiger partial charge in [-0.3, -0.25) is 8.92 Å². The van der Waals surface area contributed by atoms with Crippen LogP contribution in [0, 0.1) is 0 Å². The van der Waals surface area contributed by atoms with E-state index >= 15 is 0 Å². The van der Waals surface area contributed by atoms with Crippen LogP contribution in [0.15, 0.2) is 0 Å². The quantitative estimate of drug-likeness (QED) is 0.479. The Balaban J connectivity index is -0.0000000200. The largest absolute Gasteiger partial charge is 2.00 e. The summed E-state index contributed by atoms with van der Waals surface area (Å²) < 4.78 is 16.8. The Kier molecular flexibility index (Phi) is 59.4. The second-order valence-electron chi connectivity index (χ2n) is 0.0833. The first-order chi connectivity index (χ1) is 1.41. The molecule has 0 amide bonds. The van der Waals surface area contributed by atoms with Crippen molar-refractivity contribution in [3.05, 3.63) is 0 Å². The predicted molar refractivity (Wildman–Crippen MR) is 13.6 cm³/mol. The Bertz CT molecular complexity index is 27.9. The van der Waals surface area contributed by atoms with Gasteiger partial charge in [0, 0.05) is 0 Å². The zero-order valence-corrected chi connectivity index (χ0v) is 7.87. The molecule has 0 aromatic rings. The summed E-state index contributed by atoms with van der Waals surface area (Å²) in [4.78, 5) is 0. The monoisotopic (exact) mass is 214 g/mol. The standard InChI is InChI=1S/Ba.O2Si.O/c;1-3-2;/q+2;;-2. The summed E-state index contributed by atoms with van der Waals surface area (Å²) in [6.45, 7) is 0. The van der Waals surface area contributed by atoms with Gasteiger partial charge in [0.25, 0.3) is 0 Å². The van der Waals surface area contributed by atoms with Crippen molar-refractivity contribution in [2.45, 2.75) is 0 Å². The Morgan fingerprint density at radius 2 is 1.20 bits per heavy atom. The van der Waals surface area contributed by atoms with Gasteiger partial charge in [0.05, 0.1) is 0 Å². The summed E-state index contributed by atoms with van der Waals surface area (Å²) in [6, 6.07) is 0. The fraction of sp³-hybridized carbons (Fsp3) is 0. The van der Waals surface area contributed by atoms with Crippen LogP contribution in [0.3, 0.4) is 0 Å². The van der Waals surface area contributed by atoms with E-state index in [2.05, 4.69) is 0 Å². The minimum Gasteiger partial charge on any atom is -2.00 e. The molecule has 0 bridgehead atoms. The summed E-state index contributed by atoms with van der Waals surface area (Å²) in [5.74, 6) is 0. The van der Waals surface area contributed by atoms with Gasteiger partial charge in [-0.1, -0.05) is 0 Å². The SMILES string of the molecule is O=[Si]=O.[Ba+2].[O-2]. The second kappa shape index (κ2) is 18.3. The molecule has 0 N–H and O–H groups in total. The summed E-state index contributed by atoms with van der Waals surface area (Å²) in [7, 11) is -1.42. The Labute approximate surface area is 71.5 Å². The molecule has 0 aliphatic rings. The van der Waals surface area contributed by atoms with E-state index in [1.165, 1.54) is 0 Å². The first-order valence-electron chi connectivity index (χ1n) is 0.408. The second-order valence-corrected chi connectivity index (χ2v) is 0.250. The van der Waals surface area contributed by atoms with Crippen LogP contribution in [-0.2, 0) is 14.4 Å². The van der Waals surface area contributed by atoms with Gasteiger partial charge in [-0.15, -0.1) is 0 Å². The van der Waals surface area contributed by atoms with E-state index in [9.17, 15) is 0 Å². The van der Waals surface area contributed by atoms with E-state index in [1.54, 1.807) is 0 Å². The summed E-state index contributed by atoms with van der Waals surface area (Å²) in [5.41, 5.74) is 0. The van der Waals surface area contributed by atoms with Gasteiger partial charge in [-0.05, 0) is 0 Å². The van der Waals surface area contributed by atoms with Crippen molar-refractivity contribution in [1.82, 2.24) is 0 Å². The molecule has 0 heterocycles. The van der Waals surface area contributed by atoms with Crippen LogP contribution in [0.2, 0.25) is 0 Å². The molecular weight excluding hydrogens is 213 g/mol. The molecule has 0 atom stereocenters. The first-order valence-corrected chi connectivity index (χ1v) is 1.22. The van der Waals surface area contributed by atoms with Crippen molar-refractivity contribution in [2.24, 2.45) is 0 Å². The van der Waals surface area contributed by atoms with E-state index in [-0.39, 0.29) is 54.4 Å². The van der Waals surface area contributed by atoms with E-state index in [1.807, 2.05) is 0 Å². The topological polar surface area (TPSA) is 62.6 Å². The molecule has 0 saturated heterocycles. The molecule has 5 heteroatoms. The van der Waals surface area contributed by atoms with Gasteiger partial charge in [0.15, 0.2) is 0 Å². The molecule has 0 fully saturated rings. The maximum Gasteiger partial charge on any atom is 2.00 e. The zero-order valence-electron chi connectivity index (χ0n) is 2.43. The van der Waals surface area contributed by atoms with Gasteiger partial charge in [-0.25, -0.2) is 0 Å². The van der Waals surface area contributed by atoms with E-state index < -0.39 is 9.29 Å². The molecule has 3 nitrogen and oxygen atoms in total. The van der Waals surface area contributed by atoms with Gasteiger partial charge < -0.3 is 5.48 Å². The van der Waals surface area contributed by atoms with E-state index in [0.717, 1.165) is 0 Å². The average Bonchev–Trinajstić information content (AvgIpc) is 0.918. The Morgan fingerprint density at radius 1 is 1.20 bits per heavy atom. The normalized spacial score (nSPS) is 1.60. The molecule has 0 radical (unpaired) electrons. The third-order valence-corrected chi connectivity index (χ3v) is 0. The third-order valence-electron chi connectivity index (χ3n) is 0. The molecule has 0 rings (SSSR count). The van der Waals surface area contributed by atoms with Crippen molar-refractivity contribution in [1.29, 1.82) is 0 Å². The number of hydrogen-bond acceptors (Lipinski definition) is 2. The van der Waals surface area contributed by atoms with Crippen LogP contribution in [0.4, 0.5) is 0 Å². The summed E-state index contributed by atoms with van der Waals surface area (Å²) in [6.07, 6.45) is 0. The molecule has 24 valence electrons. The minimum absolute atomic E-state index is 0. The molecule has 0 unspecified atom stereocenters. The smallest absolute Gasteiger partial charge is 2.00 e. The molecule has 0 aliphatic heterocycles. The van der Waals surface area contributed by atoms with Crippen molar-refractivity contribution < 1.29 is 14.4 Å². The summed E-state index contributed by atoms with van der Waals surface area (Å²) in [5, 5.41) is 0. The van der Waals surface area contributed by atoms with Gasteiger partial charge in [0.1, 0.15) is 0 Å². The maximum atomic E-state index is 8.40. The van der Waals surface area contributed by atoms with Gasteiger partial charge >= 0.3 is 58.2 Å². The van der Waals surface area contributed by atoms with Crippen LogP contribution in [0.5, 0.6) is 0 Å². The molecule has 5 heavy (non-hydrogen) atoms. The van der Waals surface area contributed by atoms with Crippen molar-refractivity contribution in [3.63, 3.8) is 0 Å². The van der Waals surface area contributed by atoms with E-state index in [4.69, 9.17) is 8.92 Å². The van der Waals surface area contributed by atoms with Crippen molar-refractivity contribution in [3.8, 4) is 0 Å². The molecule has 0 aromatic heterocycles. The fourth-order valence-corrected chi connectivity index (χ4v) is 0. The third kappa shape index (κ3) is 33.0. The summed E-state index contributed by atoms with van der Waals surface area (Å²) >= 11 is 0.